The fourth-order valence-electron chi connectivity index (χ4n) is 2.88. The van der Waals surface area contributed by atoms with Crippen LogP contribution in [0.3, 0.4) is 0 Å². The third kappa shape index (κ3) is 2.94. The molecule has 3 rings (SSSR count). The predicted molar refractivity (Wildman–Crippen MR) is 86.4 cm³/mol. The number of nitrogens with zero attached hydrogens (tertiary/aromatic N) is 1. The van der Waals surface area contributed by atoms with Gasteiger partial charge in [0, 0.05) is 0 Å². The third-order valence-electron chi connectivity index (χ3n) is 3.90. The normalized spacial score (nSPS) is 17.4. The quantitative estimate of drug-likeness (QED) is 0.773. The Balaban J connectivity index is 1.96. The molecule has 1 aliphatic carbocycles. The number of aromatic nitrogens is 1. The minimum Gasteiger partial charge on any atom is -0.508 e. The minimum atomic E-state index is 0.125. The van der Waals surface area contributed by atoms with E-state index in [2.05, 4.69) is 10.3 Å². The number of aromatic hydroxyl groups is 1. The van der Waals surface area contributed by atoms with Crippen LogP contribution in [0.25, 0.3) is 0 Å². The molecular weight excluding hydrogens is 307 g/mol. The molecule has 0 saturated heterocycles. The Bertz CT molecular complexity index is 665. The average molecular weight is 323 g/mol. The Kier molecular flexibility index (Phi) is 3.96. The lowest BCUT2D eigenvalue weighted by molar-refractivity contribution is 0.471. The summed E-state index contributed by atoms with van der Waals surface area (Å²) < 4.78 is 0. The highest BCUT2D eigenvalue weighted by Crippen LogP contribution is 2.37. The average Bonchev–Trinajstić information content (AvgIpc) is 2.43. The lowest BCUT2D eigenvalue weighted by atomic mass is 9.87. The Morgan fingerprint density at radius 2 is 2.10 bits per heavy atom. The van der Waals surface area contributed by atoms with E-state index in [0.29, 0.717) is 16.1 Å². The summed E-state index contributed by atoms with van der Waals surface area (Å²) in [5.41, 5.74) is 4.17. The monoisotopic (exact) mass is 322 g/mol. The van der Waals surface area contributed by atoms with Crippen LogP contribution in [-0.4, -0.2) is 10.1 Å². The van der Waals surface area contributed by atoms with Gasteiger partial charge in [-0.25, -0.2) is 4.98 Å². The van der Waals surface area contributed by atoms with Crippen LogP contribution in [0.1, 0.15) is 35.6 Å². The lowest BCUT2D eigenvalue weighted by Gasteiger charge is -2.28. The molecule has 110 valence electrons. The first kappa shape index (κ1) is 14.5. The molecule has 1 aromatic carbocycles. The summed E-state index contributed by atoms with van der Waals surface area (Å²) >= 11 is 12.1. The summed E-state index contributed by atoms with van der Waals surface area (Å²) in [6.45, 7) is 1.95. The molecule has 2 aromatic rings. The molecule has 1 atom stereocenters. The van der Waals surface area contributed by atoms with E-state index in [0.717, 1.165) is 36.1 Å². The molecule has 3 nitrogen and oxygen atoms in total. The van der Waals surface area contributed by atoms with Crippen LogP contribution in [0.5, 0.6) is 5.75 Å². The maximum absolute atomic E-state index is 9.73. The minimum absolute atomic E-state index is 0.125. The van der Waals surface area contributed by atoms with Gasteiger partial charge in [-0.05, 0) is 61.1 Å². The summed E-state index contributed by atoms with van der Waals surface area (Å²) in [6, 6.07) is 7.48. The largest absolute Gasteiger partial charge is 0.508 e. The Morgan fingerprint density at radius 3 is 2.86 bits per heavy atom. The van der Waals surface area contributed by atoms with Gasteiger partial charge >= 0.3 is 0 Å². The first-order valence-corrected chi connectivity index (χ1v) is 7.71. The second-order valence-electron chi connectivity index (χ2n) is 5.40. The van der Waals surface area contributed by atoms with Gasteiger partial charge in [0.05, 0.1) is 11.7 Å². The Labute approximate surface area is 133 Å². The highest BCUT2D eigenvalue weighted by atomic mass is 35.5. The molecule has 1 unspecified atom stereocenters. The van der Waals surface area contributed by atoms with Gasteiger partial charge in [-0.3, -0.25) is 0 Å². The van der Waals surface area contributed by atoms with Crippen molar-refractivity contribution in [2.24, 2.45) is 0 Å². The molecular formula is C16H16Cl2N2O. The van der Waals surface area contributed by atoms with Gasteiger partial charge in [0.2, 0.25) is 0 Å². The van der Waals surface area contributed by atoms with Crippen LogP contribution >= 0.6 is 23.2 Å². The number of hydrogen-bond donors (Lipinski definition) is 2. The Morgan fingerprint density at radius 1 is 1.29 bits per heavy atom. The van der Waals surface area contributed by atoms with Crippen molar-refractivity contribution >= 4 is 28.9 Å². The Hall–Kier alpha value is -1.45. The van der Waals surface area contributed by atoms with E-state index in [9.17, 15) is 5.11 Å². The first-order valence-electron chi connectivity index (χ1n) is 6.95. The standard InChI is InChI=1S/C16H16Cl2N2O/c1-9-7-14(17)20-16(18)15(9)19-13-4-2-3-10-5-6-11(21)8-12(10)13/h5-8,13,19,21H,2-4H2,1H3. The summed E-state index contributed by atoms with van der Waals surface area (Å²) in [4.78, 5) is 4.09. The van der Waals surface area contributed by atoms with E-state index in [1.54, 1.807) is 12.1 Å². The van der Waals surface area contributed by atoms with Gasteiger partial charge in [-0.15, -0.1) is 0 Å². The second kappa shape index (κ2) is 5.74. The number of rotatable bonds is 2. The molecule has 0 fully saturated rings. The van der Waals surface area contributed by atoms with Crippen LogP contribution in [-0.2, 0) is 6.42 Å². The van der Waals surface area contributed by atoms with E-state index in [-0.39, 0.29) is 6.04 Å². The number of benzene rings is 1. The maximum Gasteiger partial charge on any atom is 0.154 e. The zero-order valence-electron chi connectivity index (χ0n) is 11.7. The molecule has 0 aliphatic heterocycles. The van der Waals surface area contributed by atoms with Crippen molar-refractivity contribution < 1.29 is 5.11 Å². The van der Waals surface area contributed by atoms with E-state index in [1.807, 2.05) is 19.1 Å². The van der Waals surface area contributed by atoms with Gasteiger partial charge in [0.1, 0.15) is 10.9 Å². The molecule has 21 heavy (non-hydrogen) atoms. The second-order valence-corrected chi connectivity index (χ2v) is 6.15. The third-order valence-corrected chi connectivity index (χ3v) is 4.37. The van der Waals surface area contributed by atoms with E-state index < -0.39 is 0 Å². The predicted octanol–water partition coefficient (Wildman–Crippen LogP) is 4.89. The van der Waals surface area contributed by atoms with Crippen molar-refractivity contribution in [3.8, 4) is 5.75 Å². The van der Waals surface area contributed by atoms with Crippen molar-refractivity contribution in [1.29, 1.82) is 0 Å². The lowest BCUT2D eigenvalue weighted by Crippen LogP contribution is -2.18. The molecule has 2 N–H and O–H groups in total. The summed E-state index contributed by atoms with van der Waals surface area (Å²) in [5, 5.41) is 14.0. The molecule has 0 spiro atoms. The number of hydrogen-bond acceptors (Lipinski definition) is 3. The number of pyridine rings is 1. The van der Waals surface area contributed by atoms with Crippen LogP contribution in [0.15, 0.2) is 24.3 Å². The maximum atomic E-state index is 9.73. The molecule has 1 aliphatic rings. The molecule has 0 radical (unpaired) electrons. The molecule has 1 aromatic heterocycles. The number of phenols is 1. The zero-order valence-corrected chi connectivity index (χ0v) is 13.2. The zero-order chi connectivity index (χ0) is 15.0. The fourth-order valence-corrected chi connectivity index (χ4v) is 3.47. The van der Waals surface area contributed by atoms with Gasteiger partial charge in [0.25, 0.3) is 0 Å². The van der Waals surface area contributed by atoms with Crippen molar-refractivity contribution in [2.75, 3.05) is 5.32 Å². The van der Waals surface area contributed by atoms with E-state index >= 15 is 0 Å². The molecule has 0 amide bonds. The SMILES string of the molecule is Cc1cc(Cl)nc(Cl)c1NC1CCCc2ccc(O)cc21. The van der Waals surface area contributed by atoms with Crippen molar-refractivity contribution in [3.63, 3.8) is 0 Å². The number of aryl methyl sites for hydroxylation is 2. The summed E-state index contributed by atoms with van der Waals surface area (Å²) in [6.07, 6.45) is 3.14. The van der Waals surface area contributed by atoms with Crippen molar-refractivity contribution in [1.82, 2.24) is 4.98 Å². The van der Waals surface area contributed by atoms with Crippen LogP contribution < -0.4 is 5.32 Å². The first-order chi connectivity index (χ1) is 10.0. The highest BCUT2D eigenvalue weighted by Gasteiger charge is 2.22. The topological polar surface area (TPSA) is 45.2 Å². The molecule has 0 saturated carbocycles. The van der Waals surface area contributed by atoms with Gasteiger partial charge in [-0.1, -0.05) is 29.3 Å². The number of fused-ring (bicyclic) bond motifs is 1. The van der Waals surface area contributed by atoms with Gasteiger partial charge < -0.3 is 10.4 Å². The number of nitrogens with one attached hydrogen (secondary N) is 1. The van der Waals surface area contributed by atoms with Crippen LogP contribution in [0, 0.1) is 6.92 Å². The molecule has 0 bridgehead atoms. The van der Waals surface area contributed by atoms with Crippen LogP contribution in [0.2, 0.25) is 10.3 Å². The smallest absolute Gasteiger partial charge is 0.154 e. The molecule has 1 heterocycles. The van der Waals surface area contributed by atoms with E-state index in [4.69, 9.17) is 23.2 Å². The van der Waals surface area contributed by atoms with Gasteiger partial charge in [0.15, 0.2) is 5.15 Å². The molecule has 5 heteroatoms. The fraction of sp³-hybridized carbons (Fsp3) is 0.312. The van der Waals surface area contributed by atoms with E-state index in [1.165, 1.54) is 5.56 Å². The number of phenolic OH excluding ortho intramolecular Hbond substituents is 1. The number of anilines is 1. The van der Waals surface area contributed by atoms with Gasteiger partial charge in [-0.2, -0.15) is 0 Å². The summed E-state index contributed by atoms with van der Waals surface area (Å²) in [5.74, 6) is 0.291. The summed E-state index contributed by atoms with van der Waals surface area (Å²) in [7, 11) is 0. The van der Waals surface area contributed by atoms with Crippen LogP contribution in [0.4, 0.5) is 5.69 Å². The van der Waals surface area contributed by atoms with Crippen molar-refractivity contribution in [3.05, 3.63) is 51.3 Å². The van der Waals surface area contributed by atoms with Crippen molar-refractivity contribution in [2.45, 2.75) is 32.2 Å². The number of halogens is 2. The highest BCUT2D eigenvalue weighted by molar-refractivity contribution is 6.34.